The van der Waals surface area contributed by atoms with E-state index in [1.165, 1.54) is 6.07 Å². The van der Waals surface area contributed by atoms with Crippen molar-refractivity contribution in [1.82, 2.24) is 9.88 Å². The van der Waals surface area contributed by atoms with Crippen LogP contribution in [0, 0.1) is 0 Å². The summed E-state index contributed by atoms with van der Waals surface area (Å²) in [5, 5.41) is 0.769. The molecule has 1 aromatic heterocycles. The zero-order chi connectivity index (χ0) is 15.9. The fourth-order valence-electron chi connectivity index (χ4n) is 3.39. The standard InChI is InChI=1S/C17H18N2O4/c20-15-11-13(12-3-1-2-4-14(12)18-15)16(21)19-7-5-17(6-8-19)22-9-10-23-17/h1-4,11H,5-10H2,(H,18,20). The van der Waals surface area contributed by atoms with Crippen molar-refractivity contribution in [2.75, 3.05) is 26.3 Å². The molecule has 0 unspecified atom stereocenters. The van der Waals surface area contributed by atoms with Gasteiger partial charge in [0.2, 0.25) is 5.56 Å². The molecule has 2 saturated heterocycles. The van der Waals surface area contributed by atoms with Crippen LogP contribution in [0.3, 0.4) is 0 Å². The van der Waals surface area contributed by atoms with Crippen molar-refractivity contribution in [2.24, 2.45) is 0 Å². The van der Waals surface area contributed by atoms with Gasteiger partial charge >= 0.3 is 0 Å². The second kappa shape index (κ2) is 5.47. The van der Waals surface area contributed by atoms with Crippen LogP contribution in [0.15, 0.2) is 35.1 Å². The number of hydrogen-bond acceptors (Lipinski definition) is 4. The molecule has 0 radical (unpaired) electrons. The number of H-pyrrole nitrogens is 1. The Hall–Kier alpha value is -2.18. The summed E-state index contributed by atoms with van der Waals surface area (Å²) in [7, 11) is 0. The van der Waals surface area contributed by atoms with E-state index in [9.17, 15) is 9.59 Å². The van der Waals surface area contributed by atoms with Gasteiger partial charge in [-0.3, -0.25) is 9.59 Å². The van der Waals surface area contributed by atoms with Gasteiger partial charge in [0.1, 0.15) is 0 Å². The van der Waals surface area contributed by atoms with Crippen LogP contribution >= 0.6 is 0 Å². The summed E-state index contributed by atoms with van der Waals surface area (Å²) < 4.78 is 11.4. The zero-order valence-electron chi connectivity index (χ0n) is 12.7. The molecule has 0 aliphatic carbocycles. The largest absolute Gasteiger partial charge is 0.347 e. The lowest BCUT2D eigenvalue weighted by molar-refractivity contribution is -0.181. The summed E-state index contributed by atoms with van der Waals surface area (Å²) in [6.45, 7) is 2.37. The fraction of sp³-hybridized carbons (Fsp3) is 0.412. The average molecular weight is 314 g/mol. The van der Waals surface area contributed by atoms with Gasteiger partial charge in [0.05, 0.1) is 18.8 Å². The first kappa shape index (κ1) is 14.4. The van der Waals surface area contributed by atoms with E-state index in [-0.39, 0.29) is 11.5 Å². The molecule has 1 spiro atoms. The smallest absolute Gasteiger partial charge is 0.254 e. The Kier molecular flexibility index (Phi) is 3.43. The molecule has 0 atom stereocenters. The lowest BCUT2D eigenvalue weighted by Gasteiger charge is -2.37. The SMILES string of the molecule is O=C(c1cc(=O)[nH]c2ccccc12)N1CCC2(CC1)OCCO2. The number of rotatable bonds is 1. The summed E-state index contributed by atoms with van der Waals surface area (Å²) in [5.41, 5.74) is 0.871. The van der Waals surface area contributed by atoms with E-state index in [1.807, 2.05) is 18.2 Å². The highest BCUT2D eigenvalue weighted by atomic mass is 16.7. The van der Waals surface area contributed by atoms with Crippen molar-refractivity contribution in [3.05, 3.63) is 46.2 Å². The lowest BCUT2D eigenvalue weighted by atomic mass is 10.0. The molecule has 1 aromatic carbocycles. The van der Waals surface area contributed by atoms with Crippen molar-refractivity contribution in [1.29, 1.82) is 0 Å². The monoisotopic (exact) mass is 314 g/mol. The van der Waals surface area contributed by atoms with Crippen LogP contribution in [0.4, 0.5) is 0 Å². The van der Waals surface area contributed by atoms with E-state index in [0.717, 1.165) is 5.39 Å². The topological polar surface area (TPSA) is 71.6 Å². The molecule has 2 aliphatic rings. The summed E-state index contributed by atoms with van der Waals surface area (Å²) in [5.74, 6) is -0.618. The molecule has 0 bridgehead atoms. The zero-order valence-corrected chi connectivity index (χ0v) is 12.7. The molecule has 2 fully saturated rings. The predicted molar refractivity (Wildman–Crippen MR) is 84.3 cm³/mol. The highest BCUT2D eigenvalue weighted by Crippen LogP contribution is 2.32. The van der Waals surface area contributed by atoms with Gasteiger partial charge in [-0.2, -0.15) is 0 Å². The number of benzene rings is 1. The van der Waals surface area contributed by atoms with Crippen molar-refractivity contribution in [2.45, 2.75) is 18.6 Å². The Morgan fingerprint density at radius 2 is 1.83 bits per heavy atom. The highest BCUT2D eigenvalue weighted by molar-refractivity contribution is 6.05. The number of hydrogen-bond donors (Lipinski definition) is 1. The first-order chi connectivity index (χ1) is 11.2. The first-order valence-electron chi connectivity index (χ1n) is 7.86. The molecule has 0 saturated carbocycles. The summed E-state index contributed by atoms with van der Waals surface area (Å²) in [4.78, 5) is 29.2. The Morgan fingerprint density at radius 1 is 1.13 bits per heavy atom. The lowest BCUT2D eigenvalue weighted by Crippen LogP contribution is -2.47. The van der Waals surface area contributed by atoms with Crippen LogP contribution in [-0.2, 0) is 9.47 Å². The maximum absolute atomic E-state index is 12.9. The minimum absolute atomic E-state index is 0.111. The van der Waals surface area contributed by atoms with Crippen molar-refractivity contribution in [3.8, 4) is 0 Å². The van der Waals surface area contributed by atoms with E-state index >= 15 is 0 Å². The third-order valence-electron chi connectivity index (χ3n) is 4.61. The fourth-order valence-corrected chi connectivity index (χ4v) is 3.39. The molecular formula is C17H18N2O4. The number of nitrogens with zero attached hydrogens (tertiary/aromatic N) is 1. The molecule has 6 heteroatoms. The Labute approximate surface area is 133 Å². The number of fused-ring (bicyclic) bond motifs is 1. The van der Waals surface area contributed by atoms with E-state index in [4.69, 9.17) is 9.47 Å². The van der Waals surface area contributed by atoms with Crippen LogP contribution < -0.4 is 5.56 Å². The molecule has 120 valence electrons. The number of para-hydroxylation sites is 1. The number of aromatic amines is 1. The van der Waals surface area contributed by atoms with Gasteiger partial charge in [0.25, 0.3) is 5.91 Å². The predicted octanol–water partition coefficient (Wildman–Crippen LogP) is 1.51. The molecular weight excluding hydrogens is 296 g/mol. The number of carbonyl (C=O) groups is 1. The molecule has 1 amide bonds. The first-order valence-corrected chi connectivity index (χ1v) is 7.86. The molecule has 2 aromatic rings. The third-order valence-corrected chi connectivity index (χ3v) is 4.61. The maximum Gasteiger partial charge on any atom is 0.254 e. The minimum Gasteiger partial charge on any atom is -0.347 e. The van der Waals surface area contributed by atoms with Crippen LogP contribution in [-0.4, -0.2) is 47.9 Å². The highest BCUT2D eigenvalue weighted by Gasteiger charge is 2.41. The van der Waals surface area contributed by atoms with Gasteiger partial charge in [-0.25, -0.2) is 0 Å². The summed E-state index contributed by atoms with van der Waals surface area (Å²) in [6, 6.07) is 8.75. The van der Waals surface area contributed by atoms with Crippen LogP contribution in [0.5, 0.6) is 0 Å². The summed E-state index contributed by atoms with van der Waals surface area (Å²) in [6.07, 6.45) is 1.33. The van der Waals surface area contributed by atoms with Crippen LogP contribution in [0.25, 0.3) is 10.9 Å². The number of likely N-dealkylation sites (tertiary alicyclic amines) is 1. The van der Waals surface area contributed by atoms with Gasteiger partial charge in [-0.1, -0.05) is 18.2 Å². The second-order valence-corrected chi connectivity index (χ2v) is 5.99. The van der Waals surface area contributed by atoms with E-state index < -0.39 is 5.79 Å². The minimum atomic E-state index is -0.507. The van der Waals surface area contributed by atoms with E-state index in [0.29, 0.717) is 50.2 Å². The Morgan fingerprint density at radius 3 is 2.57 bits per heavy atom. The molecule has 3 heterocycles. The van der Waals surface area contributed by atoms with E-state index in [2.05, 4.69) is 4.98 Å². The number of piperidine rings is 1. The van der Waals surface area contributed by atoms with Crippen molar-refractivity contribution >= 4 is 16.8 Å². The van der Waals surface area contributed by atoms with Gasteiger partial charge < -0.3 is 19.4 Å². The normalized spacial score (nSPS) is 20.3. The van der Waals surface area contributed by atoms with Crippen molar-refractivity contribution in [3.63, 3.8) is 0 Å². The average Bonchev–Trinajstić information content (AvgIpc) is 3.02. The molecule has 4 rings (SSSR count). The number of pyridine rings is 1. The number of amides is 1. The van der Waals surface area contributed by atoms with Crippen molar-refractivity contribution < 1.29 is 14.3 Å². The summed E-state index contributed by atoms with van der Waals surface area (Å²) >= 11 is 0. The van der Waals surface area contributed by atoms with Gasteiger partial charge in [-0.05, 0) is 6.07 Å². The van der Waals surface area contributed by atoms with Gasteiger partial charge in [-0.15, -0.1) is 0 Å². The quantitative estimate of drug-likeness (QED) is 0.866. The molecule has 23 heavy (non-hydrogen) atoms. The second-order valence-electron chi connectivity index (χ2n) is 5.99. The van der Waals surface area contributed by atoms with E-state index in [1.54, 1.807) is 11.0 Å². The number of aromatic nitrogens is 1. The Bertz CT molecular complexity index is 798. The maximum atomic E-state index is 12.9. The number of carbonyl (C=O) groups excluding carboxylic acids is 1. The molecule has 2 aliphatic heterocycles. The number of nitrogens with one attached hydrogen (secondary N) is 1. The Balaban J connectivity index is 1.61. The van der Waals surface area contributed by atoms with Crippen LogP contribution in [0.2, 0.25) is 0 Å². The van der Waals surface area contributed by atoms with Gasteiger partial charge in [0.15, 0.2) is 5.79 Å². The molecule has 1 N–H and O–H groups in total. The number of ether oxygens (including phenoxy) is 2. The van der Waals surface area contributed by atoms with Crippen LogP contribution in [0.1, 0.15) is 23.2 Å². The third kappa shape index (κ3) is 2.54. The van der Waals surface area contributed by atoms with Gasteiger partial charge in [0, 0.05) is 42.9 Å². The molecule has 6 nitrogen and oxygen atoms in total.